The minimum Gasteiger partial charge on any atom is -0.308 e. The molecule has 92 valence electrons. The molecule has 0 aliphatic heterocycles. The van der Waals surface area contributed by atoms with Crippen molar-refractivity contribution in [2.24, 2.45) is 0 Å². The van der Waals surface area contributed by atoms with Crippen molar-refractivity contribution in [2.75, 3.05) is 11.2 Å². The lowest BCUT2D eigenvalue weighted by atomic mass is 10.2. The second-order valence-corrected chi connectivity index (χ2v) is 4.75. The van der Waals surface area contributed by atoms with E-state index in [4.69, 9.17) is 11.6 Å². The van der Waals surface area contributed by atoms with E-state index in [1.807, 2.05) is 13.0 Å². The predicted molar refractivity (Wildman–Crippen MR) is 71.4 cm³/mol. The molecule has 0 atom stereocenters. The first-order valence-corrected chi connectivity index (χ1v) is 6.28. The van der Waals surface area contributed by atoms with Gasteiger partial charge in [-0.1, -0.05) is 15.9 Å². The molecule has 4 nitrogen and oxygen atoms in total. The molecule has 0 fully saturated rings. The highest BCUT2D eigenvalue weighted by Gasteiger charge is 2.07. The number of amides is 3. The number of rotatable bonds is 3. The number of anilines is 1. The number of hydrogen-bond donors (Lipinski definition) is 2. The maximum atomic E-state index is 11.4. The standard InChI is InChI=1S/C11H12BrClN2O2/c1-7-4-8(12)6-9(5-7)14-11(17)15-10(16)2-3-13/h4-6H,2-3H2,1H3,(H2,14,15,16,17). The summed E-state index contributed by atoms with van der Waals surface area (Å²) < 4.78 is 0.861. The van der Waals surface area contributed by atoms with Gasteiger partial charge in [-0.2, -0.15) is 0 Å². The number of alkyl halides is 1. The lowest BCUT2D eigenvalue weighted by molar-refractivity contribution is -0.119. The van der Waals surface area contributed by atoms with E-state index in [1.54, 1.807) is 12.1 Å². The Morgan fingerprint density at radius 1 is 1.35 bits per heavy atom. The van der Waals surface area contributed by atoms with Crippen molar-refractivity contribution in [1.29, 1.82) is 0 Å². The Balaban J connectivity index is 2.59. The largest absolute Gasteiger partial charge is 0.325 e. The first-order chi connectivity index (χ1) is 8.01. The molecule has 17 heavy (non-hydrogen) atoms. The van der Waals surface area contributed by atoms with Crippen molar-refractivity contribution in [3.05, 3.63) is 28.2 Å². The van der Waals surface area contributed by atoms with Gasteiger partial charge in [0.2, 0.25) is 5.91 Å². The van der Waals surface area contributed by atoms with Crippen LogP contribution in [0.3, 0.4) is 0 Å². The Morgan fingerprint density at radius 2 is 2.06 bits per heavy atom. The predicted octanol–water partition coefficient (Wildman–Crippen LogP) is 3.03. The van der Waals surface area contributed by atoms with E-state index in [1.165, 1.54) is 0 Å². The van der Waals surface area contributed by atoms with Gasteiger partial charge in [0.15, 0.2) is 0 Å². The monoisotopic (exact) mass is 318 g/mol. The van der Waals surface area contributed by atoms with Crippen molar-refractivity contribution >= 4 is 45.2 Å². The number of nitrogens with one attached hydrogen (secondary N) is 2. The maximum Gasteiger partial charge on any atom is 0.325 e. The number of halogens is 2. The Kier molecular flexibility index (Phi) is 5.44. The van der Waals surface area contributed by atoms with Gasteiger partial charge in [0.1, 0.15) is 0 Å². The lowest BCUT2D eigenvalue weighted by Gasteiger charge is -2.07. The number of urea groups is 1. The molecule has 6 heteroatoms. The summed E-state index contributed by atoms with van der Waals surface area (Å²) in [7, 11) is 0. The van der Waals surface area contributed by atoms with Crippen molar-refractivity contribution in [3.8, 4) is 0 Å². The lowest BCUT2D eigenvalue weighted by Crippen LogP contribution is -2.34. The average molecular weight is 320 g/mol. The van der Waals surface area contributed by atoms with Crippen molar-refractivity contribution in [3.63, 3.8) is 0 Å². The topological polar surface area (TPSA) is 58.2 Å². The Bertz CT molecular complexity index is 417. The van der Waals surface area contributed by atoms with Gasteiger partial charge >= 0.3 is 6.03 Å². The SMILES string of the molecule is Cc1cc(Br)cc(NC(=O)NC(=O)CCCl)c1. The van der Waals surface area contributed by atoms with E-state index >= 15 is 0 Å². The molecule has 0 aliphatic rings. The van der Waals surface area contributed by atoms with Crippen molar-refractivity contribution in [1.82, 2.24) is 5.32 Å². The Morgan fingerprint density at radius 3 is 2.65 bits per heavy atom. The molecule has 0 saturated carbocycles. The van der Waals surface area contributed by atoms with Crippen LogP contribution in [-0.4, -0.2) is 17.8 Å². The summed E-state index contributed by atoms with van der Waals surface area (Å²) >= 11 is 8.71. The van der Waals surface area contributed by atoms with Gasteiger partial charge in [0, 0.05) is 22.5 Å². The zero-order valence-corrected chi connectivity index (χ0v) is 11.6. The van der Waals surface area contributed by atoms with Crippen LogP contribution >= 0.6 is 27.5 Å². The molecule has 0 spiro atoms. The second kappa shape index (κ2) is 6.61. The van der Waals surface area contributed by atoms with Crippen LogP contribution in [0.4, 0.5) is 10.5 Å². The molecule has 1 rings (SSSR count). The first-order valence-electron chi connectivity index (χ1n) is 4.95. The number of aryl methyl sites for hydroxylation is 1. The summed E-state index contributed by atoms with van der Waals surface area (Å²) in [5.41, 5.74) is 1.62. The molecule has 3 amide bonds. The third-order valence-electron chi connectivity index (χ3n) is 1.87. The number of carbonyl (C=O) groups is 2. The van der Waals surface area contributed by atoms with Crippen LogP contribution in [0.25, 0.3) is 0 Å². The maximum absolute atomic E-state index is 11.4. The molecule has 0 aliphatic carbocycles. The second-order valence-electron chi connectivity index (χ2n) is 3.46. The highest BCUT2D eigenvalue weighted by atomic mass is 79.9. The summed E-state index contributed by atoms with van der Waals surface area (Å²) in [5, 5.41) is 4.75. The molecular weight excluding hydrogens is 307 g/mol. The van der Waals surface area contributed by atoms with Gasteiger partial charge in [-0.3, -0.25) is 10.1 Å². The first kappa shape index (κ1) is 14.0. The number of imide groups is 1. The fourth-order valence-electron chi connectivity index (χ4n) is 1.25. The van der Waals surface area contributed by atoms with E-state index in [2.05, 4.69) is 26.6 Å². The van der Waals surface area contributed by atoms with Gasteiger partial charge in [-0.05, 0) is 30.7 Å². The van der Waals surface area contributed by atoms with Gasteiger partial charge in [-0.25, -0.2) is 4.79 Å². The highest BCUT2D eigenvalue weighted by molar-refractivity contribution is 9.10. The van der Waals surface area contributed by atoms with Crippen LogP contribution in [0.1, 0.15) is 12.0 Å². The summed E-state index contributed by atoms with van der Waals surface area (Å²) in [6.07, 6.45) is 0.118. The third kappa shape index (κ3) is 5.19. The number of hydrogen-bond acceptors (Lipinski definition) is 2. The van der Waals surface area contributed by atoms with E-state index in [9.17, 15) is 9.59 Å². The van der Waals surface area contributed by atoms with Crippen LogP contribution in [-0.2, 0) is 4.79 Å². The van der Waals surface area contributed by atoms with Crippen LogP contribution in [0.2, 0.25) is 0 Å². The van der Waals surface area contributed by atoms with Gasteiger partial charge in [0.05, 0.1) is 0 Å². The molecule has 2 N–H and O–H groups in total. The highest BCUT2D eigenvalue weighted by Crippen LogP contribution is 2.18. The van der Waals surface area contributed by atoms with Gasteiger partial charge in [-0.15, -0.1) is 11.6 Å². The number of carbonyl (C=O) groups excluding carboxylic acids is 2. The average Bonchev–Trinajstić information content (AvgIpc) is 2.14. The van der Waals surface area contributed by atoms with Crippen molar-refractivity contribution < 1.29 is 9.59 Å². The van der Waals surface area contributed by atoms with Crippen LogP contribution < -0.4 is 10.6 Å². The summed E-state index contributed by atoms with van der Waals surface area (Å²) in [6, 6.07) is 4.91. The molecule has 0 aromatic heterocycles. The smallest absolute Gasteiger partial charge is 0.308 e. The van der Waals surface area contributed by atoms with Crippen LogP contribution in [0, 0.1) is 6.92 Å². The van der Waals surface area contributed by atoms with Crippen LogP contribution in [0.5, 0.6) is 0 Å². The minimum absolute atomic E-state index is 0.118. The zero-order chi connectivity index (χ0) is 12.8. The van der Waals surface area contributed by atoms with Crippen molar-refractivity contribution in [2.45, 2.75) is 13.3 Å². The van der Waals surface area contributed by atoms with Crippen LogP contribution in [0.15, 0.2) is 22.7 Å². The van der Waals surface area contributed by atoms with E-state index in [0.717, 1.165) is 10.0 Å². The molecule has 0 saturated heterocycles. The molecule has 0 radical (unpaired) electrons. The molecular formula is C11H12BrClN2O2. The Hall–Kier alpha value is -1.07. The van der Waals surface area contributed by atoms with E-state index < -0.39 is 11.9 Å². The molecule has 0 heterocycles. The summed E-state index contributed by atoms with van der Waals surface area (Å²) in [4.78, 5) is 22.5. The summed E-state index contributed by atoms with van der Waals surface area (Å²) in [6.45, 7) is 1.91. The molecule has 1 aromatic rings. The number of benzene rings is 1. The zero-order valence-electron chi connectivity index (χ0n) is 9.22. The van der Waals surface area contributed by atoms with E-state index in [-0.39, 0.29) is 12.3 Å². The molecule has 1 aromatic carbocycles. The fourth-order valence-corrected chi connectivity index (χ4v) is 2.03. The quantitative estimate of drug-likeness (QED) is 0.841. The van der Waals surface area contributed by atoms with Gasteiger partial charge < -0.3 is 5.32 Å². The third-order valence-corrected chi connectivity index (χ3v) is 2.52. The molecule has 0 unspecified atom stereocenters. The van der Waals surface area contributed by atoms with E-state index in [0.29, 0.717) is 5.69 Å². The van der Waals surface area contributed by atoms with Gasteiger partial charge in [0.25, 0.3) is 0 Å². The fraction of sp³-hybridized carbons (Fsp3) is 0.273. The normalized spacial score (nSPS) is 9.82. The molecule has 0 bridgehead atoms. The minimum atomic E-state index is -0.558. The summed E-state index contributed by atoms with van der Waals surface area (Å²) in [5.74, 6) is -0.209. The Labute approximate surface area is 113 Å².